The van der Waals surface area contributed by atoms with Crippen LogP contribution in [0.15, 0.2) is 18.2 Å². The molecule has 0 fully saturated rings. The molecule has 170 valence electrons. The van der Waals surface area contributed by atoms with E-state index in [0.29, 0.717) is 12.5 Å². The summed E-state index contributed by atoms with van der Waals surface area (Å²) in [7, 11) is -1.51. The molecule has 1 aliphatic heterocycles. The number of carbonyl (C=O) groups excluding carboxylic acids is 3. The lowest BCUT2D eigenvalue weighted by Gasteiger charge is -2.29. The van der Waals surface area contributed by atoms with Crippen LogP contribution in [0.2, 0.25) is 0 Å². The SMILES string of the molecule is CC(C)OC(=O)OCOC(=O)c1cccc2c1OB(O)[C@@H](NC(=O)CCC(C)(F)F)C2. The summed E-state index contributed by atoms with van der Waals surface area (Å²) in [4.78, 5) is 35.5. The first kappa shape index (κ1) is 24.4. The van der Waals surface area contributed by atoms with Gasteiger partial charge in [0.1, 0.15) is 11.3 Å². The monoisotopic (exact) mass is 443 g/mol. The summed E-state index contributed by atoms with van der Waals surface area (Å²) in [5, 5.41) is 12.7. The molecule has 2 N–H and O–H groups in total. The minimum atomic E-state index is -2.98. The number of hydrogen-bond acceptors (Lipinski definition) is 8. The van der Waals surface area contributed by atoms with E-state index in [9.17, 15) is 28.2 Å². The van der Waals surface area contributed by atoms with Crippen LogP contribution in [-0.4, -0.2) is 54.9 Å². The van der Waals surface area contributed by atoms with Gasteiger partial charge < -0.3 is 29.2 Å². The van der Waals surface area contributed by atoms with Gasteiger partial charge in [-0.2, -0.15) is 0 Å². The maximum Gasteiger partial charge on any atom is 0.547 e. The Labute approximate surface area is 178 Å². The summed E-state index contributed by atoms with van der Waals surface area (Å²) in [6, 6.07) is 4.55. The van der Waals surface area contributed by atoms with Crippen molar-refractivity contribution in [2.24, 2.45) is 0 Å². The number of halogens is 2. The average molecular weight is 443 g/mol. The Kier molecular flexibility index (Phi) is 8.20. The van der Waals surface area contributed by atoms with Gasteiger partial charge in [0.15, 0.2) is 0 Å². The number of para-hydroxylation sites is 1. The molecule has 1 aromatic rings. The van der Waals surface area contributed by atoms with Gasteiger partial charge in [0, 0.05) is 12.8 Å². The van der Waals surface area contributed by atoms with Crippen LogP contribution >= 0.6 is 0 Å². The Hall–Kier alpha value is -2.89. The zero-order valence-corrected chi connectivity index (χ0v) is 17.4. The lowest BCUT2D eigenvalue weighted by Crippen LogP contribution is -2.53. The van der Waals surface area contributed by atoms with Crippen LogP contribution in [0.4, 0.5) is 13.6 Å². The molecule has 12 heteroatoms. The summed E-state index contributed by atoms with van der Waals surface area (Å²) in [6.45, 7) is 3.28. The highest BCUT2D eigenvalue weighted by molar-refractivity contribution is 6.47. The lowest BCUT2D eigenvalue weighted by atomic mass is 9.72. The first-order chi connectivity index (χ1) is 14.5. The molecule has 0 aliphatic carbocycles. The van der Waals surface area contributed by atoms with E-state index < -0.39 is 62.8 Å². The third-order valence-corrected chi connectivity index (χ3v) is 4.18. The number of benzene rings is 1. The number of ether oxygens (including phenoxy) is 3. The van der Waals surface area contributed by atoms with E-state index in [4.69, 9.17) is 14.1 Å². The van der Waals surface area contributed by atoms with Crippen LogP contribution < -0.4 is 9.97 Å². The van der Waals surface area contributed by atoms with Crippen molar-refractivity contribution in [2.45, 2.75) is 58.0 Å². The second-order valence-electron chi connectivity index (χ2n) is 7.36. The number of nitrogens with one attached hydrogen (secondary N) is 1. The summed E-state index contributed by atoms with van der Waals surface area (Å²) in [6.07, 6.45) is -2.33. The van der Waals surface area contributed by atoms with Crippen molar-refractivity contribution >= 4 is 25.2 Å². The van der Waals surface area contributed by atoms with Crippen LogP contribution in [0.5, 0.6) is 5.75 Å². The smallest absolute Gasteiger partial charge is 0.534 e. The Balaban J connectivity index is 1.97. The second kappa shape index (κ2) is 10.4. The van der Waals surface area contributed by atoms with E-state index in [-0.39, 0.29) is 17.7 Å². The van der Waals surface area contributed by atoms with E-state index >= 15 is 0 Å². The molecular weight excluding hydrogens is 419 g/mol. The minimum absolute atomic E-state index is 0.0206. The molecule has 31 heavy (non-hydrogen) atoms. The molecule has 1 heterocycles. The molecule has 0 spiro atoms. The third-order valence-electron chi connectivity index (χ3n) is 4.18. The van der Waals surface area contributed by atoms with Gasteiger partial charge >= 0.3 is 19.2 Å². The molecule has 0 unspecified atom stereocenters. The lowest BCUT2D eigenvalue weighted by molar-refractivity contribution is -0.123. The van der Waals surface area contributed by atoms with Crippen LogP contribution in [-0.2, 0) is 25.4 Å². The summed E-state index contributed by atoms with van der Waals surface area (Å²) < 4.78 is 45.4. The average Bonchev–Trinajstić information content (AvgIpc) is 2.65. The molecule has 2 rings (SSSR count). The van der Waals surface area contributed by atoms with Gasteiger partial charge in [0.25, 0.3) is 0 Å². The molecule has 1 aromatic carbocycles. The number of carbonyl (C=O) groups is 3. The Bertz CT molecular complexity index is 815. The summed E-state index contributed by atoms with van der Waals surface area (Å²) >= 11 is 0. The molecule has 0 saturated heterocycles. The fourth-order valence-corrected chi connectivity index (χ4v) is 2.76. The Morgan fingerprint density at radius 1 is 1.32 bits per heavy atom. The van der Waals surface area contributed by atoms with E-state index in [0.717, 1.165) is 0 Å². The van der Waals surface area contributed by atoms with Gasteiger partial charge in [-0.1, -0.05) is 12.1 Å². The fraction of sp³-hybridized carbons (Fsp3) is 0.526. The zero-order valence-electron chi connectivity index (χ0n) is 17.4. The van der Waals surface area contributed by atoms with Crippen molar-refractivity contribution in [3.05, 3.63) is 29.3 Å². The van der Waals surface area contributed by atoms with Crippen molar-refractivity contribution in [1.29, 1.82) is 0 Å². The zero-order chi connectivity index (χ0) is 23.2. The Morgan fingerprint density at radius 3 is 2.68 bits per heavy atom. The molecule has 0 radical (unpaired) electrons. The van der Waals surface area contributed by atoms with Crippen LogP contribution in [0, 0.1) is 0 Å². The van der Waals surface area contributed by atoms with Gasteiger partial charge in [0.2, 0.25) is 18.6 Å². The van der Waals surface area contributed by atoms with Crippen LogP contribution in [0.3, 0.4) is 0 Å². The van der Waals surface area contributed by atoms with E-state index in [1.165, 1.54) is 6.07 Å². The number of fused-ring (bicyclic) bond motifs is 1. The first-order valence-electron chi connectivity index (χ1n) is 9.60. The number of alkyl halides is 2. The minimum Gasteiger partial charge on any atom is -0.534 e. The number of esters is 1. The molecule has 0 bridgehead atoms. The molecule has 1 amide bonds. The summed E-state index contributed by atoms with van der Waals surface area (Å²) in [5.41, 5.74) is 0.471. The van der Waals surface area contributed by atoms with Gasteiger partial charge in [-0.3, -0.25) is 4.79 Å². The van der Waals surface area contributed by atoms with Crippen molar-refractivity contribution in [3.8, 4) is 5.75 Å². The highest BCUT2D eigenvalue weighted by Gasteiger charge is 2.38. The number of hydrogen-bond donors (Lipinski definition) is 2. The number of rotatable bonds is 8. The van der Waals surface area contributed by atoms with Crippen molar-refractivity contribution in [1.82, 2.24) is 5.32 Å². The predicted octanol–water partition coefficient (Wildman–Crippen LogP) is 2.24. The number of amides is 1. The normalized spacial score (nSPS) is 15.6. The van der Waals surface area contributed by atoms with Crippen molar-refractivity contribution in [3.63, 3.8) is 0 Å². The fourth-order valence-electron chi connectivity index (χ4n) is 2.76. The van der Waals surface area contributed by atoms with Gasteiger partial charge in [-0.05, 0) is 38.8 Å². The van der Waals surface area contributed by atoms with E-state index in [1.54, 1.807) is 26.0 Å². The largest absolute Gasteiger partial charge is 0.547 e. The second-order valence-corrected chi connectivity index (χ2v) is 7.36. The standard InChI is InChI=1S/C19H24BF2NO8/c1-11(2)30-18(26)29-10-28-17(25)13-6-4-5-12-9-14(20(27)31-16(12)13)23-15(24)7-8-19(3,21)22/h4-6,11,14,27H,7-10H2,1-3H3,(H,23,24)/t14-/m0/s1. The topological polar surface area (TPSA) is 120 Å². The van der Waals surface area contributed by atoms with Crippen molar-refractivity contribution in [2.75, 3.05) is 6.79 Å². The molecule has 0 saturated carbocycles. The van der Waals surface area contributed by atoms with E-state index in [1.807, 2.05) is 0 Å². The predicted molar refractivity (Wildman–Crippen MR) is 104 cm³/mol. The van der Waals surface area contributed by atoms with Gasteiger partial charge in [0.05, 0.1) is 12.0 Å². The highest BCUT2D eigenvalue weighted by atomic mass is 19.3. The molecular formula is C19H24BF2NO8. The Morgan fingerprint density at radius 2 is 2.03 bits per heavy atom. The van der Waals surface area contributed by atoms with Gasteiger partial charge in [-0.25, -0.2) is 18.4 Å². The van der Waals surface area contributed by atoms with Gasteiger partial charge in [-0.15, -0.1) is 0 Å². The van der Waals surface area contributed by atoms with Crippen LogP contribution in [0.25, 0.3) is 0 Å². The molecule has 1 atom stereocenters. The quantitative estimate of drug-likeness (QED) is 0.357. The van der Waals surface area contributed by atoms with Crippen LogP contribution in [0.1, 0.15) is 49.5 Å². The van der Waals surface area contributed by atoms with E-state index in [2.05, 4.69) is 10.1 Å². The van der Waals surface area contributed by atoms with Crippen molar-refractivity contribution < 1.29 is 47.1 Å². The maximum absolute atomic E-state index is 12.9. The first-order valence-corrected chi connectivity index (χ1v) is 9.60. The molecule has 0 aromatic heterocycles. The highest BCUT2D eigenvalue weighted by Crippen LogP contribution is 2.30. The molecule has 1 aliphatic rings. The maximum atomic E-state index is 12.9. The third kappa shape index (κ3) is 7.70. The summed E-state index contributed by atoms with van der Waals surface area (Å²) in [5.74, 6) is -5.33. The molecule has 9 nitrogen and oxygen atoms in total.